The molecule has 0 atom stereocenters. The minimum atomic E-state index is 0.565. The van der Waals surface area contributed by atoms with E-state index in [4.69, 9.17) is 9.47 Å². The molecule has 0 radical (unpaired) electrons. The van der Waals surface area contributed by atoms with E-state index in [2.05, 4.69) is 66.3 Å². The SMILES string of the molecule is COCCN(C)CCc1cc(C)c(Oc2nc(-c3ccc(C)cc3)ns2)cc1C. The largest absolute Gasteiger partial charge is 0.430 e. The topological polar surface area (TPSA) is 47.5 Å². The minimum absolute atomic E-state index is 0.565. The number of likely N-dealkylation sites (N-methyl/N-ethyl adjacent to an activating group) is 1. The summed E-state index contributed by atoms with van der Waals surface area (Å²) in [5.74, 6) is 1.54. The molecule has 0 N–H and O–H groups in total. The van der Waals surface area contributed by atoms with Crippen molar-refractivity contribution in [3.05, 3.63) is 58.7 Å². The fraction of sp³-hybridized carbons (Fsp3) is 0.391. The summed E-state index contributed by atoms with van der Waals surface area (Å²) in [6.45, 7) is 8.98. The molecule has 0 aliphatic rings. The van der Waals surface area contributed by atoms with E-state index < -0.39 is 0 Å². The summed E-state index contributed by atoms with van der Waals surface area (Å²) in [4.78, 5) is 6.84. The van der Waals surface area contributed by atoms with Crippen molar-refractivity contribution in [1.29, 1.82) is 0 Å². The van der Waals surface area contributed by atoms with Crippen molar-refractivity contribution in [1.82, 2.24) is 14.3 Å². The first-order valence-corrected chi connectivity index (χ1v) is 10.6. The second-order valence-corrected chi connectivity index (χ2v) is 8.16. The van der Waals surface area contributed by atoms with E-state index in [-0.39, 0.29) is 0 Å². The molecule has 5 nitrogen and oxygen atoms in total. The van der Waals surface area contributed by atoms with Crippen LogP contribution in [0.15, 0.2) is 36.4 Å². The van der Waals surface area contributed by atoms with Gasteiger partial charge in [0.15, 0.2) is 5.82 Å². The first-order chi connectivity index (χ1) is 14.0. The molecule has 154 valence electrons. The van der Waals surface area contributed by atoms with Crippen LogP contribution < -0.4 is 4.74 Å². The fourth-order valence-electron chi connectivity index (χ4n) is 3.06. The molecule has 0 amide bonds. The molecule has 0 spiro atoms. The zero-order valence-electron chi connectivity index (χ0n) is 17.9. The van der Waals surface area contributed by atoms with E-state index in [1.165, 1.54) is 28.2 Å². The normalized spacial score (nSPS) is 11.2. The lowest BCUT2D eigenvalue weighted by Crippen LogP contribution is -2.25. The first kappa shape index (κ1) is 21.4. The molecule has 1 heterocycles. The molecule has 3 aromatic rings. The first-order valence-electron chi connectivity index (χ1n) is 9.82. The average Bonchev–Trinajstić information content (AvgIpc) is 3.17. The van der Waals surface area contributed by atoms with Crippen LogP contribution in [0.3, 0.4) is 0 Å². The van der Waals surface area contributed by atoms with Gasteiger partial charge in [-0.25, -0.2) is 0 Å². The third-order valence-electron chi connectivity index (χ3n) is 4.99. The molecule has 0 aliphatic heterocycles. The van der Waals surface area contributed by atoms with Crippen LogP contribution in [0.25, 0.3) is 11.4 Å². The van der Waals surface area contributed by atoms with Gasteiger partial charge < -0.3 is 14.4 Å². The Kier molecular flexibility index (Phi) is 7.36. The zero-order chi connectivity index (χ0) is 20.8. The van der Waals surface area contributed by atoms with E-state index in [0.717, 1.165) is 43.0 Å². The number of ether oxygens (including phenoxy) is 2. The molecule has 0 aliphatic carbocycles. The lowest BCUT2D eigenvalue weighted by molar-refractivity contribution is 0.162. The van der Waals surface area contributed by atoms with Crippen molar-refractivity contribution < 1.29 is 9.47 Å². The highest BCUT2D eigenvalue weighted by molar-refractivity contribution is 7.07. The van der Waals surface area contributed by atoms with E-state index in [0.29, 0.717) is 11.0 Å². The Morgan fingerprint density at radius 1 is 1.00 bits per heavy atom. The second kappa shape index (κ2) is 9.96. The number of rotatable bonds is 9. The Balaban J connectivity index is 1.67. The summed E-state index contributed by atoms with van der Waals surface area (Å²) in [5.41, 5.74) is 5.90. The Morgan fingerprint density at radius 3 is 2.48 bits per heavy atom. The highest BCUT2D eigenvalue weighted by atomic mass is 32.1. The summed E-state index contributed by atoms with van der Waals surface area (Å²) in [5, 5.41) is 0.565. The van der Waals surface area contributed by atoms with Crippen molar-refractivity contribution in [2.75, 3.05) is 33.9 Å². The maximum absolute atomic E-state index is 6.07. The van der Waals surface area contributed by atoms with Gasteiger partial charge in [-0.15, -0.1) is 0 Å². The lowest BCUT2D eigenvalue weighted by Gasteiger charge is -2.17. The molecule has 0 bridgehead atoms. The van der Waals surface area contributed by atoms with Crippen LogP contribution in [0.4, 0.5) is 0 Å². The molecule has 1 aromatic heterocycles. The second-order valence-electron chi connectivity index (χ2n) is 7.44. The van der Waals surface area contributed by atoms with Gasteiger partial charge in [-0.1, -0.05) is 35.9 Å². The van der Waals surface area contributed by atoms with Crippen LogP contribution in [-0.2, 0) is 11.2 Å². The van der Waals surface area contributed by atoms with Gasteiger partial charge in [0.2, 0.25) is 0 Å². The number of aryl methyl sites for hydroxylation is 3. The third kappa shape index (κ3) is 5.85. The minimum Gasteiger partial charge on any atom is -0.430 e. The van der Waals surface area contributed by atoms with E-state index in [9.17, 15) is 0 Å². The molecule has 0 fully saturated rings. The van der Waals surface area contributed by atoms with Crippen molar-refractivity contribution in [2.24, 2.45) is 0 Å². The molecule has 0 unspecified atom stereocenters. The number of nitrogens with zero attached hydrogens (tertiary/aromatic N) is 3. The Bertz CT molecular complexity index is 938. The van der Waals surface area contributed by atoms with E-state index in [1.54, 1.807) is 7.11 Å². The zero-order valence-corrected chi connectivity index (χ0v) is 18.7. The van der Waals surface area contributed by atoms with Crippen LogP contribution in [-0.4, -0.2) is 48.1 Å². The number of methoxy groups -OCH3 is 1. The van der Waals surface area contributed by atoms with Crippen LogP contribution in [0.1, 0.15) is 22.3 Å². The summed E-state index contributed by atoms with van der Waals surface area (Å²) < 4.78 is 15.7. The quantitative estimate of drug-likeness (QED) is 0.493. The van der Waals surface area contributed by atoms with Crippen molar-refractivity contribution >= 4 is 11.5 Å². The summed E-state index contributed by atoms with van der Waals surface area (Å²) >= 11 is 1.28. The van der Waals surface area contributed by atoms with Gasteiger partial charge in [0, 0.05) is 37.3 Å². The maximum atomic E-state index is 6.07. The molecule has 2 aromatic carbocycles. The van der Waals surface area contributed by atoms with Gasteiger partial charge in [-0.2, -0.15) is 9.36 Å². The highest BCUT2D eigenvalue weighted by Crippen LogP contribution is 2.31. The van der Waals surface area contributed by atoms with Crippen LogP contribution >= 0.6 is 11.5 Å². The molecule has 3 rings (SSSR count). The van der Waals surface area contributed by atoms with Crippen molar-refractivity contribution in [2.45, 2.75) is 27.2 Å². The Hall–Kier alpha value is -2.28. The molecular weight excluding hydrogens is 382 g/mol. The van der Waals surface area contributed by atoms with E-state index in [1.807, 2.05) is 12.1 Å². The van der Waals surface area contributed by atoms with Crippen molar-refractivity contribution in [3.8, 4) is 22.3 Å². The molecule has 0 saturated carbocycles. The molecule has 0 saturated heterocycles. The van der Waals surface area contributed by atoms with Crippen molar-refractivity contribution in [3.63, 3.8) is 0 Å². The third-order valence-corrected chi connectivity index (χ3v) is 5.58. The average molecular weight is 412 g/mol. The monoisotopic (exact) mass is 411 g/mol. The standard InChI is InChI=1S/C23H29N3O2S/c1-16-6-8-19(9-7-16)22-24-23(29-25-22)28-21-15-17(2)20(14-18(21)3)10-11-26(4)12-13-27-5/h6-9,14-15H,10-13H2,1-5H3. The number of hydrogen-bond donors (Lipinski definition) is 0. The maximum Gasteiger partial charge on any atom is 0.299 e. The molecule has 6 heteroatoms. The van der Waals surface area contributed by atoms with Gasteiger partial charge in [-0.05, 0) is 57.0 Å². The summed E-state index contributed by atoms with van der Waals surface area (Å²) in [6, 6.07) is 12.5. The smallest absolute Gasteiger partial charge is 0.299 e. The van der Waals surface area contributed by atoms with Crippen LogP contribution in [0.2, 0.25) is 0 Å². The number of benzene rings is 2. The number of hydrogen-bond acceptors (Lipinski definition) is 6. The molecule has 29 heavy (non-hydrogen) atoms. The molecular formula is C23H29N3O2S. The van der Waals surface area contributed by atoms with Gasteiger partial charge >= 0.3 is 0 Å². The Morgan fingerprint density at radius 2 is 1.76 bits per heavy atom. The van der Waals surface area contributed by atoms with Crippen LogP contribution in [0, 0.1) is 20.8 Å². The van der Waals surface area contributed by atoms with Crippen LogP contribution in [0.5, 0.6) is 10.9 Å². The highest BCUT2D eigenvalue weighted by Gasteiger charge is 2.12. The Labute approximate surface area is 177 Å². The van der Waals surface area contributed by atoms with Gasteiger partial charge in [-0.3, -0.25) is 0 Å². The summed E-state index contributed by atoms with van der Waals surface area (Å²) in [7, 11) is 3.86. The van der Waals surface area contributed by atoms with Gasteiger partial charge in [0.1, 0.15) is 5.75 Å². The fourth-order valence-corrected chi connectivity index (χ4v) is 3.63. The predicted octanol–water partition coefficient (Wildman–Crippen LogP) is 5.04. The van der Waals surface area contributed by atoms with E-state index >= 15 is 0 Å². The lowest BCUT2D eigenvalue weighted by atomic mass is 10.0. The number of aromatic nitrogens is 2. The van der Waals surface area contributed by atoms with Gasteiger partial charge in [0.25, 0.3) is 5.19 Å². The summed E-state index contributed by atoms with van der Waals surface area (Å²) in [6.07, 6.45) is 1.00. The van der Waals surface area contributed by atoms with Gasteiger partial charge in [0.05, 0.1) is 6.61 Å². The predicted molar refractivity (Wildman–Crippen MR) is 119 cm³/mol.